The smallest absolute Gasteiger partial charge is 0.254 e. The zero-order valence-corrected chi connectivity index (χ0v) is 15.7. The molecular weight excluding hydrogens is 326 g/mol. The average molecular weight is 348 g/mol. The maximum atomic E-state index is 3.72. The summed E-state index contributed by atoms with van der Waals surface area (Å²) in [4.78, 5) is 3.72. The summed E-state index contributed by atoms with van der Waals surface area (Å²) in [6, 6.07) is 11.4. The van der Waals surface area contributed by atoms with Crippen molar-refractivity contribution in [2.45, 2.75) is 39.8 Å². The van der Waals surface area contributed by atoms with Gasteiger partial charge < -0.3 is 4.98 Å². The molecule has 0 saturated heterocycles. The topological polar surface area (TPSA) is 24.6 Å². The van der Waals surface area contributed by atoms with Gasteiger partial charge >= 0.3 is 0 Å². The van der Waals surface area contributed by atoms with E-state index >= 15 is 0 Å². The number of benzene rings is 1. The molecule has 0 saturated carbocycles. The quantitative estimate of drug-likeness (QED) is 0.488. The highest BCUT2D eigenvalue weighted by Gasteiger charge is 2.36. The van der Waals surface area contributed by atoms with E-state index in [1.165, 1.54) is 44.9 Å². The van der Waals surface area contributed by atoms with E-state index in [0.717, 1.165) is 13.0 Å². The molecule has 0 aliphatic carbocycles. The van der Waals surface area contributed by atoms with Crippen molar-refractivity contribution in [2.75, 3.05) is 0 Å². The summed E-state index contributed by atoms with van der Waals surface area (Å²) in [6.45, 7) is 7.86. The normalized spacial score (nSPS) is 13.4. The van der Waals surface area contributed by atoms with Gasteiger partial charge in [-0.25, -0.2) is 9.13 Å². The van der Waals surface area contributed by atoms with Crippen LogP contribution in [0, 0.1) is 6.92 Å². The molecule has 0 unspecified atom stereocenters. The van der Waals surface area contributed by atoms with Gasteiger partial charge in [0.2, 0.25) is 0 Å². The van der Waals surface area contributed by atoms with E-state index in [0.29, 0.717) is 6.04 Å². The summed E-state index contributed by atoms with van der Waals surface area (Å²) in [5.41, 5.74) is 8.03. The summed E-state index contributed by atoms with van der Waals surface area (Å²) in [5.74, 6) is 1.34. The molecule has 25 heavy (non-hydrogen) atoms. The van der Waals surface area contributed by atoms with E-state index < -0.39 is 0 Å². The van der Waals surface area contributed by atoms with Crippen LogP contribution in [-0.2, 0) is 13.0 Å². The van der Waals surface area contributed by atoms with Crippen molar-refractivity contribution >= 4 is 22.2 Å². The van der Waals surface area contributed by atoms with Crippen molar-refractivity contribution in [3.05, 3.63) is 52.5 Å². The molecule has 4 heteroatoms. The molecule has 4 aromatic rings. The van der Waals surface area contributed by atoms with E-state index in [-0.39, 0.29) is 0 Å². The van der Waals surface area contributed by atoms with Crippen molar-refractivity contribution in [1.29, 1.82) is 0 Å². The van der Waals surface area contributed by atoms with E-state index in [1.54, 1.807) is 11.3 Å². The Morgan fingerprint density at radius 2 is 2.04 bits per heavy atom. The number of para-hydroxylation sites is 1. The number of rotatable bonds is 2. The molecule has 1 aromatic carbocycles. The van der Waals surface area contributed by atoms with Gasteiger partial charge in [-0.2, -0.15) is 11.3 Å². The molecule has 0 spiro atoms. The Bertz CT molecular complexity index is 1080. The molecule has 3 nitrogen and oxygen atoms in total. The van der Waals surface area contributed by atoms with Crippen LogP contribution in [0.5, 0.6) is 0 Å². The lowest BCUT2D eigenvalue weighted by atomic mass is 10.00. The van der Waals surface area contributed by atoms with E-state index in [1.807, 2.05) is 0 Å². The molecule has 0 fully saturated rings. The predicted molar refractivity (Wildman–Crippen MR) is 104 cm³/mol. The summed E-state index contributed by atoms with van der Waals surface area (Å²) >= 11 is 1.77. The van der Waals surface area contributed by atoms with E-state index in [9.17, 15) is 0 Å². The number of H-pyrrole nitrogens is 1. The number of fused-ring (bicyclic) bond motifs is 5. The SMILES string of the molecule is Cc1n(C(C)C)c(-c2ccsc2)c2[n+]1CCc1c-2[nH]c2ccccc12. The second-order valence-electron chi connectivity index (χ2n) is 7.15. The minimum atomic E-state index is 0.431. The van der Waals surface area contributed by atoms with Crippen LogP contribution in [0.3, 0.4) is 0 Å². The minimum absolute atomic E-state index is 0.431. The maximum Gasteiger partial charge on any atom is 0.254 e. The van der Waals surface area contributed by atoms with Crippen LogP contribution in [0.1, 0.15) is 31.3 Å². The number of aromatic nitrogens is 3. The molecule has 1 aliphatic heterocycles. The van der Waals surface area contributed by atoms with Gasteiger partial charge in [0.25, 0.3) is 5.82 Å². The summed E-state index contributed by atoms with van der Waals surface area (Å²) < 4.78 is 5.00. The number of imidazole rings is 1. The fraction of sp³-hybridized carbons (Fsp3) is 0.286. The Morgan fingerprint density at radius 3 is 2.80 bits per heavy atom. The Kier molecular flexibility index (Phi) is 3.19. The molecule has 4 heterocycles. The average Bonchev–Trinajstić information content (AvgIpc) is 3.30. The Morgan fingerprint density at radius 1 is 1.20 bits per heavy atom. The molecule has 0 atom stereocenters. The van der Waals surface area contributed by atoms with Crippen LogP contribution >= 0.6 is 11.3 Å². The fourth-order valence-electron chi connectivity index (χ4n) is 4.41. The number of hydrogen-bond donors (Lipinski definition) is 1. The van der Waals surface area contributed by atoms with Crippen LogP contribution < -0.4 is 4.57 Å². The third-order valence-electron chi connectivity index (χ3n) is 5.42. The van der Waals surface area contributed by atoms with Crippen LogP contribution in [0.25, 0.3) is 33.5 Å². The molecule has 1 N–H and O–H groups in total. The van der Waals surface area contributed by atoms with Gasteiger partial charge in [0, 0.05) is 35.2 Å². The van der Waals surface area contributed by atoms with Crippen molar-refractivity contribution in [3.8, 4) is 22.6 Å². The lowest BCUT2D eigenvalue weighted by Gasteiger charge is -2.11. The molecule has 1 aliphatic rings. The molecule has 5 rings (SSSR count). The van der Waals surface area contributed by atoms with Gasteiger partial charge in [0.1, 0.15) is 0 Å². The number of thiophene rings is 1. The molecule has 126 valence electrons. The van der Waals surface area contributed by atoms with E-state index in [2.05, 4.69) is 76.0 Å². The van der Waals surface area contributed by atoms with Gasteiger partial charge in [-0.15, -0.1) is 0 Å². The molecule has 0 bridgehead atoms. The van der Waals surface area contributed by atoms with Crippen LogP contribution in [0.15, 0.2) is 41.1 Å². The van der Waals surface area contributed by atoms with Crippen LogP contribution in [0.2, 0.25) is 0 Å². The lowest BCUT2D eigenvalue weighted by molar-refractivity contribution is -0.693. The number of hydrogen-bond acceptors (Lipinski definition) is 1. The summed E-state index contributed by atoms with van der Waals surface area (Å²) in [7, 11) is 0. The third kappa shape index (κ3) is 2.00. The second kappa shape index (κ2) is 5.33. The zero-order valence-electron chi connectivity index (χ0n) is 14.8. The molecule has 0 amide bonds. The van der Waals surface area contributed by atoms with Crippen molar-refractivity contribution < 1.29 is 4.57 Å². The first-order valence-corrected chi connectivity index (χ1v) is 9.88. The van der Waals surface area contributed by atoms with Crippen molar-refractivity contribution in [2.24, 2.45) is 0 Å². The monoisotopic (exact) mass is 348 g/mol. The van der Waals surface area contributed by atoms with Gasteiger partial charge in [0.15, 0.2) is 11.4 Å². The van der Waals surface area contributed by atoms with Crippen LogP contribution in [0.4, 0.5) is 0 Å². The lowest BCUT2D eigenvalue weighted by Crippen LogP contribution is -2.41. The highest BCUT2D eigenvalue weighted by atomic mass is 32.1. The Balaban J connectivity index is 1.90. The number of aryl methyl sites for hydroxylation is 1. The zero-order chi connectivity index (χ0) is 17.1. The number of aromatic amines is 1. The molecule has 3 aromatic heterocycles. The third-order valence-corrected chi connectivity index (χ3v) is 6.10. The maximum absolute atomic E-state index is 3.72. The van der Waals surface area contributed by atoms with Gasteiger partial charge in [-0.3, -0.25) is 0 Å². The Labute approximate surface area is 151 Å². The first-order valence-electron chi connectivity index (χ1n) is 8.94. The molecule has 0 radical (unpaired) electrons. The first kappa shape index (κ1) is 15.0. The van der Waals surface area contributed by atoms with Crippen LogP contribution in [-0.4, -0.2) is 9.55 Å². The van der Waals surface area contributed by atoms with Gasteiger partial charge in [0.05, 0.1) is 18.3 Å². The number of nitrogens with one attached hydrogen (secondary N) is 1. The largest absolute Gasteiger partial charge is 0.351 e. The fourth-order valence-corrected chi connectivity index (χ4v) is 5.06. The summed E-state index contributed by atoms with van der Waals surface area (Å²) in [5, 5.41) is 5.81. The molecular formula is C21H22N3S+. The standard InChI is InChI=1S/C21H22N3S/c1-13(2)24-14(3)23-10-8-17-16-6-4-5-7-18(16)22-19(17)21(23)20(24)15-9-11-25-12-15/h4-7,9,11-13,22H,8,10H2,1-3H3/q+1. The predicted octanol–water partition coefficient (Wildman–Crippen LogP) is 5.10. The second-order valence-corrected chi connectivity index (χ2v) is 7.93. The van der Waals surface area contributed by atoms with Crippen molar-refractivity contribution in [1.82, 2.24) is 9.55 Å². The van der Waals surface area contributed by atoms with Gasteiger partial charge in [-0.1, -0.05) is 18.2 Å². The first-order chi connectivity index (χ1) is 12.2. The highest BCUT2D eigenvalue weighted by Crippen LogP contribution is 2.40. The minimum Gasteiger partial charge on any atom is -0.351 e. The van der Waals surface area contributed by atoms with Gasteiger partial charge in [-0.05, 0) is 36.9 Å². The number of nitrogens with zero attached hydrogens (tertiary/aromatic N) is 2. The Hall–Kier alpha value is -2.33. The van der Waals surface area contributed by atoms with Crippen molar-refractivity contribution in [3.63, 3.8) is 0 Å². The highest BCUT2D eigenvalue weighted by molar-refractivity contribution is 7.08. The summed E-state index contributed by atoms with van der Waals surface area (Å²) in [6.07, 6.45) is 1.09. The van der Waals surface area contributed by atoms with E-state index in [4.69, 9.17) is 0 Å².